The molecule has 4 rings (SSSR count). The van der Waals surface area contributed by atoms with E-state index in [4.69, 9.17) is 4.74 Å². The van der Waals surface area contributed by atoms with Crippen molar-refractivity contribution in [3.05, 3.63) is 35.9 Å². The first-order valence-electron chi connectivity index (χ1n) is 9.94. The molecule has 3 fully saturated rings. The Kier molecular flexibility index (Phi) is 4.60. The number of benzene rings is 1. The summed E-state index contributed by atoms with van der Waals surface area (Å²) in [6.07, 6.45) is 6.62. The Morgan fingerprint density at radius 1 is 1.12 bits per heavy atom. The maximum Gasteiger partial charge on any atom is 0.0920 e. The van der Waals surface area contributed by atoms with E-state index >= 15 is 0 Å². The van der Waals surface area contributed by atoms with E-state index in [9.17, 15) is 4.21 Å². The molecule has 0 amide bonds. The fraction of sp³-hybridized carbons (Fsp3) is 0.727. The number of epoxide rings is 1. The summed E-state index contributed by atoms with van der Waals surface area (Å²) in [5, 5.41) is 0. The topological polar surface area (TPSA) is 29.6 Å². The van der Waals surface area contributed by atoms with Crippen LogP contribution >= 0.6 is 0 Å². The van der Waals surface area contributed by atoms with Crippen molar-refractivity contribution in [1.29, 1.82) is 0 Å². The van der Waals surface area contributed by atoms with Crippen molar-refractivity contribution in [2.75, 3.05) is 5.75 Å². The molecule has 0 aromatic heterocycles. The molecule has 1 aromatic carbocycles. The van der Waals surface area contributed by atoms with Crippen LogP contribution in [0.4, 0.5) is 0 Å². The number of ether oxygens (including phenoxy) is 1. The van der Waals surface area contributed by atoms with Crippen molar-refractivity contribution in [1.82, 2.24) is 0 Å². The van der Waals surface area contributed by atoms with Crippen molar-refractivity contribution >= 4 is 10.8 Å². The average molecular weight is 361 g/mol. The maximum atomic E-state index is 12.8. The van der Waals surface area contributed by atoms with Gasteiger partial charge in [-0.05, 0) is 67.8 Å². The number of fused-ring (bicyclic) bond motifs is 2. The molecule has 1 aliphatic heterocycles. The molecule has 1 unspecified atom stereocenters. The molecule has 2 saturated carbocycles. The van der Waals surface area contributed by atoms with Crippen LogP contribution in [0.3, 0.4) is 0 Å². The number of hydrogen-bond donors (Lipinski definition) is 0. The van der Waals surface area contributed by atoms with Gasteiger partial charge >= 0.3 is 0 Å². The summed E-state index contributed by atoms with van der Waals surface area (Å²) in [7, 11) is -0.763. The van der Waals surface area contributed by atoms with Gasteiger partial charge in [-0.15, -0.1) is 0 Å². The zero-order valence-corrected chi connectivity index (χ0v) is 16.7. The molecule has 6 atom stereocenters. The highest BCUT2D eigenvalue weighted by molar-refractivity contribution is 7.84. The molecule has 25 heavy (non-hydrogen) atoms. The first-order chi connectivity index (χ1) is 11.9. The van der Waals surface area contributed by atoms with Crippen molar-refractivity contribution in [3.8, 4) is 0 Å². The smallest absolute Gasteiger partial charge is 0.0920 e. The van der Waals surface area contributed by atoms with Gasteiger partial charge in [0.1, 0.15) is 0 Å². The van der Waals surface area contributed by atoms with Gasteiger partial charge in [0.2, 0.25) is 0 Å². The van der Waals surface area contributed by atoms with Gasteiger partial charge in [-0.2, -0.15) is 0 Å². The van der Waals surface area contributed by atoms with E-state index < -0.39 is 10.8 Å². The average Bonchev–Trinajstić information content (AvgIpc) is 3.19. The van der Waals surface area contributed by atoms with Gasteiger partial charge in [0.15, 0.2) is 0 Å². The lowest BCUT2D eigenvalue weighted by Gasteiger charge is -2.55. The molecule has 1 saturated heterocycles. The zero-order valence-electron chi connectivity index (χ0n) is 15.9. The lowest BCUT2D eigenvalue weighted by molar-refractivity contribution is -0.0521. The van der Waals surface area contributed by atoms with Crippen molar-refractivity contribution in [3.63, 3.8) is 0 Å². The summed E-state index contributed by atoms with van der Waals surface area (Å²) in [6, 6.07) is 10.3. The highest BCUT2D eigenvalue weighted by Gasteiger charge is 2.57. The number of rotatable bonds is 4. The lowest BCUT2D eigenvalue weighted by Crippen LogP contribution is -2.48. The maximum absolute atomic E-state index is 12.8. The second kappa shape index (κ2) is 6.49. The van der Waals surface area contributed by atoms with E-state index in [2.05, 4.69) is 32.9 Å². The third-order valence-corrected chi connectivity index (χ3v) is 8.70. The molecular formula is C22H32O2S. The van der Waals surface area contributed by atoms with Crippen molar-refractivity contribution in [2.45, 2.75) is 70.3 Å². The summed E-state index contributed by atoms with van der Waals surface area (Å²) in [5.74, 6) is 3.74. The zero-order chi connectivity index (χ0) is 17.7. The standard InChI is InChI=1S/C22H32O2S/c1-21(2)13-18-17(15-25(23)14-16-7-5-4-6-8-16)9-10-20-22(3,24-20)12-11-19(18)21/h4-8,17-20H,9-15H2,1-3H3/t17-,18+,19+,20+,22+,25?/m0/s1. The van der Waals surface area contributed by atoms with Crippen LogP contribution in [0.25, 0.3) is 0 Å². The molecule has 2 aliphatic carbocycles. The van der Waals surface area contributed by atoms with E-state index in [1.165, 1.54) is 31.2 Å². The molecule has 1 heterocycles. The third kappa shape index (κ3) is 3.60. The minimum atomic E-state index is -0.763. The summed E-state index contributed by atoms with van der Waals surface area (Å²) >= 11 is 0. The normalized spacial score (nSPS) is 40.4. The van der Waals surface area contributed by atoms with Gasteiger partial charge in [0.25, 0.3) is 0 Å². The Balaban J connectivity index is 1.44. The van der Waals surface area contributed by atoms with Crippen LogP contribution in [-0.4, -0.2) is 21.7 Å². The van der Waals surface area contributed by atoms with Gasteiger partial charge in [0, 0.05) is 22.3 Å². The van der Waals surface area contributed by atoms with E-state index in [0.717, 1.165) is 24.0 Å². The highest BCUT2D eigenvalue weighted by Crippen LogP contribution is 2.59. The molecule has 3 aliphatic rings. The second-order valence-electron chi connectivity index (χ2n) is 9.49. The van der Waals surface area contributed by atoms with Gasteiger partial charge in [-0.1, -0.05) is 44.2 Å². The quantitative estimate of drug-likeness (QED) is 0.711. The first kappa shape index (κ1) is 17.7. The van der Waals surface area contributed by atoms with Gasteiger partial charge in [0.05, 0.1) is 11.7 Å². The summed E-state index contributed by atoms with van der Waals surface area (Å²) in [6.45, 7) is 7.15. The van der Waals surface area contributed by atoms with Crippen LogP contribution in [0, 0.1) is 23.2 Å². The Bertz CT molecular complexity index is 641. The van der Waals surface area contributed by atoms with E-state index in [1.807, 2.05) is 18.2 Å². The first-order valence-corrected chi connectivity index (χ1v) is 11.4. The Hall–Kier alpha value is -0.670. The lowest BCUT2D eigenvalue weighted by atomic mass is 9.51. The van der Waals surface area contributed by atoms with E-state index in [-0.39, 0.29) is 5.60 Å². The van der Waals surface area contributed by atoms with E-state index in [1.54, 1.807) is 0 Å². The van der Waals surface area contributed by atoms with Crippen LogP contribution < -0.4 is 0 Å². The second-order valence-corrected chi connectivity index (χ2v) is 11.0. The van der Waals surface area contributed by atoms with Crippen LogP contribution in [0.2, 0.25) is 0 Å². The summed E-state index contributed by atoms with van der Waals surface area (Å²) in [5.41, 5.74) is 1.80. The molecule has 0 N–H and O–H groups in total. The van der Waals surface area contributed by atoms with Crippen molar-refractivity contribution in [2.24, 2.45) is 23.2 Å². The molecule has 2 nitrogen and oxygen atoms in total. The molecular weight excluding hydrogens is 328 g/mol. The fourth-order valence-corrected chi connectivity index (χ4v) is 7.16. The molecule has 0 spiro atoms. The van der Waals surface area contributed by atoms with Crippen LogP contribution in [0.1, 0.15) is 58.4 Å². The highest BCUT2D eigenvalue weighted by atomic mass is 32.2. The minimum Gasteiger partial charge on any atom is -0.366 e. The molecule has 3 heteroatoms. The van der Waals surface area contributed by atoms with Crippen LogP contribution in [0.15, 0.2) is 30.3 Å². The van der Waals surface area contributed by atoms with Crippen molar-refractivity contribution < 1.29 is 8.95 Å². The van der Waals surface area contributed by atoms with Gasteiger partial charge < -0.3 is 4.74 Å². The van der Waals surface area contributed by atoms with Crippen LogP contribution in [-0.2, 0) is 21.3 Å². The van der Waals surface area contributed by atoms with Gasteiger partial charge in [-0.25, -0.2) is 0 Å². The SMILES string of the molecule is CC1(C)C[C@@H]2[C@H](CS(=O)Cc3ccccc3)CC[C@H]3O[C@]3(C)CC[C@H]21. The monoisotopic (exact) mass is 360 g/mol. The van der Waals surface area contributed by atoms with Crippen LogP contribution in [0.5, 0.6) is 0 Å². The number of hydrogen-bond acceptors (Lipinski definition) is 2. The van der Waals surface area contributed by atoms with E-state index in [0.29, 0.717) is 23.2 Å². The molecule has 138 valence electrons. The Morgan fingerprint density at radius 3 is 2.60 bits per heavy atom. The largest absolute Gasteiger partial charge is 0.366 e. The third-order valence-electron chi connectivity index (χ3n) is 7.25. The molecule has 0 bridgehead atoms. The Morgan fingerprint density at radius 2 is 1.88 bits per heavy atom. The molecule has 1 aromatic rings. The Labute approximate surface area is 155 Å². The van der Waals surface area contributed by atoms with Gasteiger partial charge in [-0.3, -0.25) is 4.21 Å². The summed E-state index contributed by atoms with van der Waals surface area (Å²) in [4.78, 5) is 0. The predicted molar refractivity (Wildman–Crippen MR) is 104 cm³/mol. The minimum absolute atomic E-state index is 0.147. The molecule has 0 radical (unpaired) electrons. The fourth-order valence-electron chi connectivity index (χ4n) is 5.58. The summed E-state index contributed by atoms with van der Waals surface area (Å²) < 4.78 is 18.9. The predicted octanol–water partition coefficient (Wildman–Crippen LogP) is 4.95.